The van der Waals surface area contributed by atoms with Gasteiger partial charge in [-0.15, -0.1) is 0 Å². The molecule has 5 rings (SSSR count). The standard InChI is InChI=1S/C23H18F3N7O2/c1-27-18-7-4-15(10-28-18)33-21-17(6-8-19(30-21)35-12-23(24,25)26)29-20(22(33)34)13-3-5-16-14(9-13)11-32(2)31-16/h3-11H,12H2,1-2H3,(H,27,28). The molecular weight excluding hydrogens is 463 g/mol. The highest BCUT2D eigenvalue weighted by molar-refractivity contribution is 5.85. The maximum Gasteiger partial charge on any atom is 0.422 e. The van der Waals surface area contributed by atoms with Crippen molar-refractivity contribution < 1.29 is 17.9 Å². The molecule has 1 aromatic carbocycles. The first-order chi connectivity index (χ1) is 16.7. The molecule has 0 unspecified atom stereocenters. The van der Waals surface area contributed by atoms with Crippen molar-refractivity contribution in [3.63, 3.8) is 0 Å². The van der Waals surface area contributed by atoms with Gasteiger partial charge in [0.1, 0.15) is 17.0 Å². The number of ether oxygens (including phenoxy) is 1. The predicted molar refractivity (Wildman–Crippen MR) is 124 cm³/mol. The zero-order valence-electron chi connectivity index (χ0n) is 18.5. The van der Waals surface area contributed by atoms with Crippen LogP contribution in [0.4, 0.5) is 19.0 Å². The van der Waals surface area contributed by atoms with Crippen LogP contribution < -0.4 is 15.6 Å². The topological polar surface area (TPSA) is 99.8 Å². The van der Waals surface area contributed by atoms with E-state index >= 15 is 0 Å². The van der Waals surface area contributed by atoms with Crippen molar-refractivity contribution in [2.75, 3.05) is 19.0 Å². The van der Waals surface area contributed by atoms with Crippen LogP contribution in [0.5, 0.6) is 5.88 Å². The highest BCUT2D eigenvalue weighted by Crippen LogP contribution is 2.25. The van der Waals surface area contributed by atoms with Gasteiger partial charge in [0.05, 0.1) is 17.4 Å². The molecule has 0 radical (unpaired) electrons. The minimum Gasteiger partial charge on any atom is -0.468 e. The van der Waals surface area contributed by atoms with Gasteiger partial charge < -0.3 is 10.1 Å². The molecule has 9 nitrogen and oxygen atoms in total. The fourth-order valence-electron chi connectivity index (χ4n) is 3.67. The van der Waals surface area contributed by atoms with Gasteiger partial charge >= 0.3 is 6.18 Å². The summed E-state index contributed by atoms with van der Waals surface area (Å²) in [6, 6.07) is 11.4. The summed E-state index contributed by atoms with van der Waals surface area (Å²) < 4.78 is 45.7. The largest absolute Gasteiger partial charge is 0.468 e. The number of rotatable bonds is 5. The summed E-state index contributed by atoms with van der Waals surface area (Å²) in [5.41, 5.74) is 1.65. The van der Waals surface area contributed by atoms with Crippen LogP contribution in [-0.4, -0.2) is 49.1 Å². The number of aryl methyl sites for hydroxylation is 1. The smallest absolute Gasteiger partial charge is 0.422 e. The number of hydrogen-bond donors (Lipinski definition) is 1. The number of hydrogen-bond acceptors (Lipinski definition) is 7. The molecule has 0 aliphatic rings. The number of alkyl halides is 3. The fraction of sp³-hybridized carbons (Fsp3) is 0.174. The number of halogens is 3. The lowest BCUT2D eigenvalue weighted by atomic mass is 10.1. The Morgan fingerprint density at radius 3 is 2.57 bits per heavy atom. The summed E-state index contributed by atoms with van der Waals surface area (Å²) in [4.78, 5) is 26.6. The van der Waals surface area contributed by atoms with Crippen molar-refractivity contribution in [2.45, 2.75) is 6.18 Å². The number of benzene rings is 1. The molecule has 4 heterocycles. The van der Waals surface area contributed by atoms with Gasteiger partial charge in [-0.05, 0) is 30.3 Å². The molecule has 178 valence electrons. The van der Waals surface area contributed by atoms with Gasteiger partial charge in [-0.1, -0.05) is 6.07 Å². The second-order valence-electron chi connectivity index (χ2n) is 7.73. The van der Waals surface area contributed by atoms with Crippen LogP contribution >= 0.6 is 0 Å². The second kappa shape index (κ2) is 8.38. The molecule has 5 aromatic rings. The maximum atomic E-state index is 13.7. The molecule has 35 heavy (non-hydrogen) atoms. The zero-order valence-corrected chi connectivity index (χ0v) is 18.5. The number of nitrogens with zero attached hydrogens (tertiary/aromatic N) is 6. The van der Waals surface area contributed by atoms with Crippen LogP contribution in [0.1, 0.15) is 0 Å². The van der Waals surface area contributed by atoms with Crippen LogP contribution in [0.3, 0.4) is 0 Å². The molecule has 0 saturated heterocycles. The van der Waals surface area contributed by atoms with Crippen molar-refractivity contribution in [3.8, 4) is 22.8 Å². The number of nitrogens with one attached hydrogen (secondary N) is 1. The predicted octanol–water partition coefficient (Wildman–Crippen LogP) is 3.71. The Hall–Kier alpha value is -4.48. The molecule has 0 amide bonds. The molecule has 0 spiro atoms. The Labute approximate surface area is 195 Å². The Kier molecular flexibility index (Phi) is 5.35. The third-order valence-electron chi connectivity index (χ3n) is 5.22. The van der Waals surface area contributed by atoms with Gasteiger partial charge in [0, 0.05) is 37.3 Å². The van der Waals surface area contributed by atoms with Gasteiger partial charge in [0.25, 0.3) is 5.56 Å². The third kappa shape index (κ3) is 4.37. The molecular formula is C23H18F3N7O2. The summed E-state index contributed by atoms with van der Waals surface area (Å²) >= 11 is 0. The molecule has 1 N–H and O–H groups in total. The molecule has 0 atom stereocenters. The van der Waals surface area contributed by atoms with E-state index in [0.29, 0.717) is 22.6 Å². The first-order valence-electron chi connectivity index (χ1n) is 10.4. The van der Waals surface area contributed by atoms with Crippen molar-refractivity contribution in [1.82, 2.24) is 29.3 Å². The molecule has 4 aromatic heterocycles. The normalized spacial score (nSPS) is 11.8. The van der Waals surface area contributed by atoms with Crippen LogP contribution in [0.25, 0.3) is 39.0 Å². The van der Waals surface area contributed by atoms with Crippen molar-refractivity contribution in [3.05, 3.63) is 65.2 Å². The monoisotopic (exact) mass is 481 g/mol. The SMILES string of the molecule is CNc1ccc(-n2c(=O)c(-c3ccc4nn(C)cc4c3)nc3ccc(OCC(F)(F)F)nc32)cn1. The first kappa shape index (κ1) is 22.3. The van der Waals surface area contributed by atoms with E-state index in [1.165, 1.54) is 22.9 Å². The van der Waals surface area contributed by atoms with E-state index in [1.807, 2.05) is 6.20 Å². The Bertz CT molecular complexity index is 1610. The van der Waals surface area contributed by atoms with Gasteiger partial charge in [-0.2, -0.15) is 23.3 Å². The zero-order chi connectivity index (χ0) is 24.7. The van der Waals surface area contributed by atoms with E-state index in [9.17, 15) is 18.0 Å². The first-order valence-corrected chi connectivity index (χ1v) is 10.4. The quantitative estimate of drug-likeness (QED) is 0.409. The van der Waals surface area contributed by atoms with E-state index in [0.717, 1.165) is 10.9 Å². The number of fused-ring (bicyclic) bond motifs is 2. The summed E-state index contributed by atoms with van der Waals surface area (Å²) in [5, 5.41) is 8.06. The number of anilines is 1. The molecule has 0 fully saturated rings. The maximum absolute atomic E-state index is 13.7. The van der Waals surface area contributed by atoms with Gasteiger partial charge in [-0.3, -0.25) is 14.0 Å². The lowest BCUT2D eigenvalue weighted by Crippen LogP contribution is -2.24. The molecule has 0 aliphatic carbocycles. The summed E-state index contributed by atoms with van der Waals surface area (Å²) in [5.74, 6) is 0.290. The van der Waals surface area contributed by atoms with E-state index in [-0.39, 0.29) is 17.2 Å². The van der Waals surface area contributed by atoms with Gasteiger partial charge in [-0.25, -0.2) is 9.97 Å². The number of pyridine rings is 2. The minimum absolute atomic E-state index is 0.0416. The molecule has 12 heteroatoms. The van der Waals surface area contributed by atoms with E-state index in [2.05, 4.69) is 25.4 Å². The molecule has 0 bridgehead atoms. The summed E-state index contributed by atoms with van der Waals surface area (Å²) in [7, 11) is 3.50. The summed E-state index contributed by atoms with van der Waals surface area (Å²) in [6.07, 6.45) is -1.24. The fourth-order valence-corrected chi connectivity index (χ4v) is 3.67. The minimum atomic E-state index is -4.53. The van der Waals surface area contributed by atoms with Gasteiger partial charge in [0.15, 0.2) is 12.3 Å². The van der Waals surface area contributed by atoms with Crippen molar-refractivity contribution in [1.29, 1.82) is 0 Å². The van der Waals surface area contributed by atoms with E-state index < -0.39 is 18.3 Å². The van der Waals surface area contributed by atoms with Crippen LogP contribution in [-0.2, 0) is 7.05 Å². The van der Waals surface area contributed by atoms with Crippen molar-refractivity contribution >= 4 is 27.9 Å². The van der Waals surface area contributed by atoms with Gasteiger partial charge in [0.2, 0.25) is 5.88 Å². The average molecular weight is 481 g/mol. The summed E-state index contributed by atoms with van der Waals surface area (Å²) in [6.45, 7) is -1.51. The van der Waals surface area contributed by atoms with E-state index in [1.54, 1.807) is 49.1 Å². The number of aromatic nitrogens is 6. The lowest BCUT2D eigenvalue weighted by Gasteiger charge is -2.14. The highest BCUT2D eigenvalue weighted by atomic mass is 19.4. The van der Waals surface area contributed by atoms with E-state index in [4.69, 9.17) is 4.74 Å². The molecule has 0 saturated carbocycles. The Balaban J connectivity index is 1.72. The Morgan fingerprint density at radius 2 is 1.86 bits per heavy atom. The average Bonchev–Trinajstić information content (AvgIpc) is 3.21. The second-order valence-corrected chi connectivity index (χ2v) is 7.73. The molecule has 0 aliphatic heterocycles. The highest BCUT2D eigenvalue weighted by Gasteiger charge is 2.29. The Morgan fingerprint density at radius 1 is 1.06 bits per heavy atom. The van der Waals surface area contributed by atoms with Crippen molar-refractivity contribution in [2.24, 2.45) is 7.05 Å². The third-order valence-corrected chi connectivity index (χ3v) is 5.22. The lowest BCUT2D eigenvalue weighted by molar-refractivity contribution is -0.154. The van der Waals surface area contributed by atoms with Crippen LogP contribution in [0.2, 0.25) is 0 Å². The van der Waals surface area contributed by atoms with Crippen LogP contribution in [0, 0.1) is 0 Å². The van der Waals surface area contributed by atoms with Crippen LogP contribution in [0.15, 0.2) is 59.7 Å².